The molecule has 1 aliphatic rings. The third-order valence-electron chi connectivity index (χ3n) is 2.77. The monoisotopic (exact) mass is 224 g/mol. The molecule has 82 valence electrons. The molecule has 1 aromatic rings. The molecule has 1 fully saturated rings. The van der Waals surface area contributed by atoms with Crippen LogP contribution in [0.4, 0.5) is 0 Å². The molecule has 0 unspecified atom stereocenters. The van der Waals surface area contributed by atoms with Gasteiger partial charge in [0.15, 0.2) is 0 Å². The Morgan fingerprint density at radius 2 is 2.47 bits per heavy atom. The number of rotatable bonds is 4. The van der Waals surface area contributed by atoms with Gasteiger partial charge in [-0.25, -0.2) is 0 Å². The van der Waals surface area contributed by atoms with Crippen LogP contribution in [0.1, 0.15) is 10.4 Å². The summed E-state index contributed by atoms with van der Waals surface area (Å²) < 4.78 is 0. The van der Waals surface area contributed by atoms with Crippen LogP contribution in [-0.2, 0) is 11.2 Å². The Morgan fingerprint density at radius 3 is 3.00 bits per heavy atom. The molecule has 0 bridgehead atoms. The number of hydrogen-bond acceptors (Lipinski definition) is 3. The van der Waals surface area contributed by atoms with Crippen LogP contribution in [0.3, 0.4) is 0 Å². The number of thiophene rings is 1. The highest BCUT2D eigenvalue weighted by molar-refractivity contribution is 7.10. The molecule has 1 aromatic heterocycles. The summed E-state index contributed by atoms with van der Waals surface area (Å²) in [5.41, 5.74) is 1.33. The standard InChI is InChI=1S/C11H16N2OS/c1-8-3-5-15-10(8)2-4-13-11(14)9-6-12-7-9/h3,5,9,12H,2,4,6-7H2,1H3,(H,13,14). The largest absolute Gasteiger partial charge is 0.355 e. The minimum Gasteiger partial charge on any atom is -0.355 e. The van der Waals surface area contributed by atoms with Gasteiger partial charge < -0.3 is 10.6 Å². The molecule has 1 saturated heterocycles. The third-order valence-corrected chi connectivity index (χ3v) is 3.85. The van der Waals surface area contributed by atoms with Gasteiger partial charge in [-0.3, -0.25) is 4.79 Å². The highest BCUT2D eigenvalue weighted by atomic mass is 32.1. The molecule has 3 nitrogen and oxygen atoms in total. The van der Waals surface area contributed by atoms with Crippen LogP contribution in [0.15, 0.2) is 11.4 Å². The number of nitrogens with one attached hydrogen (secondary N) is 2. The van der Waals surface area contributed by atoms with Gasteiger partial charge in [0.05, 0.1) is 5.92 Å². The van der Waals surface area contributed by atoms with Crippen molar-refractivity contribution in [2.75, 3.05) is 19.6 Å². The first kappa shape index (κ1) is 10.6. The number of carbonyl (C=O) groups excluding carboxylic acids is 1. The Labute approximate surface area is 93.9 Å². The molecule has 0 atom stereocenters. The van der Waals surface area contributed by atoms with Gasteiger partial charge in [-0.15, -0.1) is 11.3 Å². The number of hydrogen-bond donors (Lipinski definition) is 2. The highest BCUT2D eigenvalue weighted by Crippen LogP contribution is 2.15. The van der Waals surface area contributed by atoms with E-state index in [1.807, 2.05) is 0 Å². The lowest BCUT2D eigenvalue weighted by atomic mass is 10.0. The van der Waals surface area contributed by atoms with Crippen LogP contribution in [0, 0.1) is 12.8 Å². The molecule has 2 N–H and O–H groups in total. The second-order valence-electron chi connectivity index (χ2n) is 3.92. The minimum absolute atomic E-state index is 0.197. The Bertz CT molecular complexity index is 344. The van der Waals surface area contributed by atoms with Crippen LogP contribution in [-0.4, -0.2) is 25.5 Å². The number of carbonyl (C=O) groups is 1. The zero-order valence-electron chi connectivity index (χ0n) is 8.88. The Hall–Kier alpha value is -0.870. The maximum atomic E-state index is 11.5. The molecule has 1 amide bonds. The minimum atomic E-state index is 0.197. The summed E-state index contributed by atoms with van der Waals surface area (Å²) in [7, 11) is 0. The lowest BCUT2D eigenvalue weighted by molar-refractivity contribution is -0.126. The summed E-state index contributed by atoms with van der Waals surface area (Å²) >= 11 is 1.77. The van der Waals surface area contributed by atoms with Gasteiger partial charge in [0.25, 0.3) is 0 Å². The quantitative estimate of drug-likeness (QED) is 0.799. The van der Waals surface area contributed by atoms with E-state index >= 15 is 0 Å². The summed E-state index contributed by atoms with van der Waals surface area (Å²) in [5.74, 6) is 0.400. The third kappa shape index (κ3) is 2.58. The summed E-state index contributed by atoms with van der Waals surface area (Å²) in [5, 5.41) is 8.17. The molecule has 2 heterocycles. The van der Waals surface area contributed by atoms with E-state index in [1.165, 1.54) is 10.4 Å². The first-order valence-corrected chi connectivity index (χ1v) is 6.16. The number of amides is 1. The van der Waals surface area contributed by atoms with E-state index < -0.39 is 0 Å². The highest BCUT2D eigenvalue weighted by Gasteiger charge is 2.24. The normalized spacial score (nSPS) is 16.1. The molecule has 0 radical (unpaired) electrons. The van der Waals surface area contributed by atoms with E-state index in [-0.39, 0.29) is 11.8 Å². The molecule has 15 heavy (non-hydrogen) atoms. The molecular formula is C11H16N2OS. The van der Waals surface area contributed by atoms with Gasteiger partial charge in [0.1, 0.15) is 0 Å². The van der Waals surface area contributed by atoms with Crippen molar-refractivity contribution in [2.24, 2.45) is 5.92 Å². The van der Waals surface area contributed by atoms with E-state index in [0.717, 1.165) is 26.1 Å². The predicted octanol–water partition coefficient (Wildman–Crippen LogP) is 0.935. The predicted molar refractivity (Wildman–Crippen MR) is 62.1 cm³/mol. The van der Waals surface area contributed by atoms with Crippen molar-refractivity contribution in [1.82, 2.24) is 10.6 Å². The summed E-state index contributed by atoms with van der Waals surface area (Å²) in [6.45, 7) is 4.55. The van der Waals surface area contributed by atoms with Crippen molar-refractivity contribution in [3.63, 3.8) is 0 Å². The summed E-state index contributed by atoms with van der Waals surface area (Å²) in [4.78, 5) is 12.9. The molecule has 0 saturated carbocycles. The molecular weight excluding hydrogens is 208 g/mol. The first-order valence-electron chi connectivity index (χ1n) is 5.29. The zero-order chi connectivity index (χ0) is 10.7. The lowest BCUT2D eigenvalue weighted by Crippen LogP contribution is -2.51. The summed E-state index contributed by atoms with van der Waals surface area (Å²) in [6, 6.07) is 2.12. The van der Waals surface area contributed by atoms with Gasteiger partial charge in [-0.05, 0) is 30.4 Å². The van der Waals surface area contributed by atoms with Crippen LogP contribution in [0.2, 0.25) is 0 Å². The van der Waals surface area contributed by atoms with Crippen molar-refractivity contribution in [3.8, 4) is 0 Å². The van der Waals surface area contributed by atoms with Crippen LogP contribution in [0.25, 0.3) is 0 Å². The van der Waals surface area contributed by atoms with Crippen molar-refractivity contribution < 1.29 is 4.79 Å². The average Bonchev–Trinajstić information content (AvgIpc) is 2.49. The van der Waals surface area contributed by atoms with Crippen molar-refractivity contribution >= 4 is 17.2 Å². The fraction of sp³-hybridized carbons (Fsp3) is 0.545. The maximum Gasteiger partial charge on any atom is 0.225 e. The Morgan fingerprint density at radius 1 is 1.67 bits per heavy atom. The van der Waals surface area contributed by atoms with Crippen molar-refractivity contribution in [2.45, 2.75) is 13.3 Å². The SMILES string of the molecule is Cc1ccsc1CCNC(=O)C1CNC1. The topological polar surface area (TPSA) is 41.1 Å². The number of aryl methyl sites for hydroxylation is 1. The van der Waals surface area contributed by atoms with Gasteiger partial charge in [0, 0.05) is 24.5 Å². The molecule has 1 aliphatic heterocycles. The van der Waals surface area contributed by atoms with Crippen LogP contribution >= 0.6 is 11.3 Å². The second-order valence-corrected chi connectivity index (χ2v) is 4.92. The van der Waals surface area contributed by atoms with Crippen molar-refractivity contribution in [1.29, 1.82) is 0 Å². The van der Waals surface area contributed by atoms with Crippen molar-refractivity contribution in [3.05, 3.63) is 21.9 Å². The average molecular weight is 224 g/mol. The van der Waals surface area contributed by atoms with Crippen LogP contribution in [0.5, 0.6) is 0 Å². The van der Waals surface area contributed by atoms with Gasteiger partial charge >= 0.3 is 0 Å². The summed E-state index contributed by atoms with van der Waals surface area (Å²) in [6.07, 6.45) is 0.954. The molecule has 0 aliphatic carbocycles. The maximum absolute atomic E-state index is 11.5. The smallest absolute Gasteiger partial charge is 0.225 e. The molecule has 0 spiro atoms. The van der Waals surface area contributed by atoms with Gasteiger partial charge in [-0.2, -0.15) is 0 Å². The first-order chi connectivity index (χ1) is 7.27. The van der Waals surface area contributed by atoms with E-state index in [9.17, 15) is 4.79 Å². The Kier molecular flexibility index (Phi) is 3.38. The van der Waals surface area contributed by atoms with E-state index in [2.05, 4.69) is 29.0 Å². The van der Waals surface area contributed by atoms with Gasteiger partial charge in [0.2, 0.25) is 5.91 Å². The lowest BCUT2D eigenvalue weighted by Gasteiger charge is -2.25. The van der Waals surface area contributed by atoms with E-state index in [1.54, 1.807) is 11.3 Å². The van der Waals surface area contributed by atoms with Gasteiger partial charge in [-0.1, -0.05) is 0 Å². The fourth-order valence-electron chi connectivity index (χ4n) is 1.58. The van der Waals surface area contributed by atoms with Crippen LogP contribution < -0.4 is 10.6 Å². The molecule has 2 rings (SSSR count). The van der Waals surface area contributed by atoms with E-state index in [0.29, 0.717) is 0 Å². The fourth-order valence-corrected chi connectivity index (χ4v) is 2.49. The molecule has 4 heteroatoms. The molecule has 0 aromatic carbocycles. The zero-order valence-corrected chi connectivity index (χ0v) is 9.69. The van der Waals surface area contributed by atoms with E-state index in [4.69, 9.17) is 0 Å². The Balaban J connectivity index is 1.70. The second kappa shape index (κ2) is 4.77.